The third-order valence-electron chi connectivity index (χ3n) is 2.22. The van der Waals surface area contributed by atoms with Crippen molar-refractivity contribution in [1.82, 2.24) is 0 Å². The van der Waals surface area contributed by atoms with Crippen LogP contribution < -0.4 is 5.73 Å². The lowest BCUT2D eigenvalue weighted by atomic mass is 10.2. The Morgan fingerprint density at radius 2 is 1.76 bits per heavy atom. The quantitative estimate of drug-likeness (QED) is 0.653. The Morgan fingerprint density at radius 1 is 1.06 bits per heavy atom. The summed E-state index contributed by atoms with van der Waals surface area (Å²) in [5.41, 5.74) is 6.15. The van der Waals surface area contributed by atoms with Crippen molar-refractivity contribution in [3.63, 3.8) is 0 Å². The van der Waals surface area contributed by atoms with Gasteiger partial charge in [0.05, 0.1) is 5.02 Å². The number of benzene rings is 2. The van der Waals surface area contributed by atoms with E-state index in [4.69, 9.17) is 22.7 Å². The van der Waals surface area contributed by atoms with E-state index in [9.17, 15) is 0 Å². The molecule has 0 aliphatic carbocycles. The van der Waals surface area contributed by atoms with Crippen LogP contribution in [0.25, 0.3) is 0 Å². The van der Waals surface area contributed by atoms with Gasteiger partial charge in [0, 0.05) is 15.4 Å². The molecule has 17 heavy (non-hydrogen) atoms. The summed E-state index contributed by atoms with van der Waals surface area (Å²) in [5, 5.41) is 8.08. The summed E-state index contributed by atoms with van der Waals surface area (Å²) in [6, 6.07) is 15.5. The molecule has 0 aromatic heterocycles. The van der Waals surface area contributed by atoms with Crippen LogP contribution in [0.5, 0.6) is 0 Å². The van der Waals surface area contributed by atoms with Gasteiger partial charge in [-0.25, -0.2) is 0 Å². The van der Waals surface area contributed by atoms with Crippen LogP contribution in [0.3, 0.4) is 0 Å². The maximum absolute atomic E-state index is 7.56. The zero-order chi connectivity index (χ0) is 12.3. The molecule has 0 unspecified atom stereocenters. The minimum Gasteiger partial charge on any atom is -0.384 e. The van der Waals surface area contributed by atoms with Crippen molar-refractivity contribution in [1.29, 1.82) is 5.41 Å². The Hall–Kier alpha value is -1.45. The predicted octanol–water partition coefficient (Wildman–Crippen LogP) is 3.78. The lowest BCUT2D eigenvalue weighted by Gasteiger charge is -2.09. The molecule has 4 heteroatoms. The lowest BCUT2D eigenvalue weighted by Crippen LogP contribution is -2.12. The second-order valence-corrected chi connectivity index (χ2v) is 4.96. The molecule has 2 aromatic rings. The molecule has 0 saturated heterocycles. The highest BCUT2D eigenvalue weighted by Crippen LogP contribution is 2.33. The van der Waals surface area contributed by atoms with Gasteiger partial charge in [0.1, 0.15) is 5.84 Å². The van der Waals surface area contributed by atoms with Crippen molar-refractivity contribution in [3.05, 3.63) is 59.1 Å². The van der Waals surface area contributed by atoms with Gasteiger partial charge in [-0.15, -0.1) is 0 Å². The number of amidine groups is 1. The molecule has 2 rings (SSSR count). The molecule has 0 atom stereocenters. The number of nitrogen functional groups attached to an aromatic ring is 1. The zero-order valence-electron chi connectivity index (χ0n) is 8.98. The molecule has 0 spiro atoms. The molecule has 0 amide bonds. The van der Waals surface area contributed by atoms with E-state index in [1.54, 1.807) is 17.8 Å². The van der Waals surface area contributed by atoms with Gasteiger partial charge in [-0.1, -0.05) is 47.6 Å². The normalized spacial score (nSPS) is 10.2. The Bertz CT molecular complexity index is 540. The topological polar surface area (TPSA) is 49.9 Å². The van der Waals surface area contributed by atoms with Crippen LogP contribution in [0.1, 0.15) is 5.56 Å². The fourth-order valence-corrected chi connectivity index (χ4v) is 2.81. The summed E-state index contributed by atoms with van der Waals surface area (Å²) in [7, 11) is 0. The first-order valence-corrected chi connectivity index (χ1v) is 6.24. The van der Waals surface area contributed by atoms with E-state index in [-0.39, 0.29) is 5.84 Å². The summed E-state index contributed by atoms with van der Waals surface area (Å²) in [6.45, 7) is 0. The van der Waals surface area contributed by atoms with Gasteiger partial charge in [0.25, 0.3) is 0 Å². The van der Waals surface area contributed by atoms with Gasteiger partial charge in [-0.2, -0.15) is 0 Å². The van der Waals surface area contributed by atoms with Crippen LogP contribution in [0.2, 0.25) is 5.02 Å². The largest absolute Gasteiger partial charge is 0.384 e. The molecule has 0 fully saturated rings. The van der Waals surface area contributed by atoms with Crippen LogP contribution in [0, 0.1) is 5.41 Å². The number of halogens is 1. The third-order valence-corrected chi connectivity index (χ3v) is 3.60. The van der Waals surface area contributed by atoms with Crippen LogP contribution in [0.15, 0.2) is 58.3 Å². The van der Waals surface area contributed by atoms with E-state index in [1.807, 2.05) is 42.5 Å². The summed E-state index contributed by atoms with van der Waals surface area (Å²) in [4.78, 5) is 1.99. The molecule has 3 N–H and O–H groups in total. The number of nitrogens with two attached hydrogens (primary N) is 1. The summed E-state index contributed by atoms with van der Waals surface area (Å²) in [5.74, 6) is -0.00553. The molecule has 0 radical (unpaired) electrons. The summed E-state index contributed by atoms with van der Waals surface area (Å²) in [6.07, 6.45) is 0. The van der Waals surface area contributed by atoms with Gasteiger partial charge >= 0.3 is 0 Å². The maximum atomic E-state index is 7.56. The van der Waals surface area contributed by atoms with E-state index < -0.39 is 0 Å². The second-order valence-electron chi connectivity index (χ2n) is 3.44. The van der Waals surface area contributed by atoms with Gasteiger partial charge in [0.15, 0.2) is 0 Å². The number of hydrogen-bond acceptors (Lipinski definition) is 2. The lowest BCUT2D eigenvalue weighted by molar-refractivity contribution is 1.33. The van der Waals surface area contributed by atoms with E-state index in [0.717, 1.165) is 9.79 Å². The van der Waals surface area contributed by atoms with E-state index >= 15 is 0 Å². The van der Waals surface area contributed by atoms with Crippen molar-refractivity contribution in [3.8, 4) is 0 Å². The highest BCUT2D eigenvalue weighted by Gasteiger charge is 2.10. The number of hydrogen-bond donors (Lipinski definition) is 2. The standard InChI is InChI=1S/C13H11ClN2S/c14-10-7-4-8-11(12(10)13(15)16)17-9-5-2-1-3-6-9/h1-8H,(H3,15,16). The van der Waals surface area contributed by atoms with Crippen molar-refractivity contribution in [2.45, 2.75) is 9.79 Å². The van der Waals surface area contributed by atoms with Crippen LogP contribution in [-0.4, -0.2) is 5.84 Å². The van der Waals surface area contributed by atoms with Gasteiger partial charge in [0.2, 0.25) is 0 Å². The second kappa shape index (κ2) is 5.25. The Balaban J connectivity index is 2.40. The molecule has 0 heterocycles. The molecule has 2 nitrogen and oxygen atoms in total. The smallest absolute Gasteiger partial charge is 0.125 e. The monoisotopic (exact) mass is 262 g/mol. The summed E-state index contributed by atoms with van der Waals surface area (Å²) < 4.78 is 0. The van der Waals surface area contributed by atoms with E-state index in [1.165, 1.54) is 0 Å². The Kier molecular flexibility index (Phi) is 3.71. The predicted molar refractivity (Wildman–Crippen MR) is 73.0 cm³/mol. The molecule has 0 aliphatic heterocycles. The SMILES string of the molecule is N=C(N)c1c(Cl)cccc1Sc1ccccc1. The Labute approximate surface area is 109 Å². The fraction of sp³-hybridized carbons (Fsp3) is 0. The van der Waals surface area contributed by atoms with Crippen LogP contribution in [0.4, 0.5) is 0 Å². The van der Waals surface area contributed by atoms with Gasteiger partial charge in [-0.05, 0) is 24.3 Å². The van der Waals surface area contributed by atoms with Gasteiger partial charge in [-0.3, -0.25) is 5.41 Å². The molecular weight excluding hydrogens is 252 g/mol. The number of rotatable bonds is 3. The summed E-state index contributed by atoms with van der Waals surface area (Å²) >= 11 is 7.61. The minimum absolute atomic E-state index is 0.00553. The van der Waals surface area contributed by atoms with Crippen LogP contribution >= 0.6 is 23.4 Å². The molecule has 0 aliphatic rings. The van der Waals surface area contributed by atoms with Crippen LogP contribution in [-0.2, 0) is 0 Å². The molecular formula is C13H11ClN2S. The van der Waals surface area contributed by atoms with Crippen molar-refractivity contribution in [2.75, 3.05) is 0 Å². The molecule has 0 saturated carbocycles. The highest BCUT2D eigenvalue weighted by atomic mass is 35.5. The van der Waals surface area contributed by atoms with Gasteiger partial charge < -0.3 is 5.73 Å². The molecule has 2 aromatic carbocycles. The maximum Gasteiger partial charge on any atom is 0.125 e. The average Bonchev–Trinajstić information content (AvgIpc) is 2.30. The average molecular weight is 263 g/mol. The highest BCUT2D eigenvalue weighted by molar-refractivity contribution is 7.99. The first kappa shape index (κ1) is 12.0. The first-order chi connectivity index (χ1) is 8.18. The number of nitrogens with one attached hydrogen (secondary N) is 1. The first-order valence-electron chi connectivity index (χ1n) is 5.04. The zero-order valence-corrected chi connectivity index (χ0v) is 10.6. The molecule has 86 valence electrons. The minimum atomic E-state index is -0.00553. The molecule has 0 bridgehead atoms. The third kappa shape index (κ3) is 2.81. The van der Waals surface area contributed by atoms with Crippen molar-refractivity contribution < 1.29 is 0 Å². The van der Waals surface area contributed by atoms with Crippen molar-refractivity contribution in [2.24, 2.45) is 5.73 Å². The fourth-order valence-electron chi connectivity index (χ4n) is 1.47. The van der Waals surface area contributed by atoms with E-state index in [2.05, 4.69) is 0 Å². The Morgan fingerprint density at radius 3 is 2.41 bits per heavy atom. The van der Waals surface area contributed by atoms with E-state index in [0.29, 0.717) is 10.6 Å². The van der Waals surface area contributed by atoms with Crippen molar-refractivity contribution >= 4 is 29.2 Å².